The van der Waals surface area contributed by atoms with Gasteiger partial charge >= 0.3 is 0 Å². The topological polar surface area (TPSA) is 66.5 Å². The van der Waals surface area contributed by atoms with Crippen molar-refractivity contribution in [2.45, 2.75) is 45.4 Å². The Balaban J connectivity index is 2.04. The lowest BCUT2D eigenvalue weighted by Gasteiger charge is -2.26. The number of hydrogen-bond donors (Lipinski definition) is 1. The molecule has 7 heteroatoms. The van der Waals surface area contributed by atoms with Crippen LogP contribution in [0.3, 0.4) is 0 Å². The van der Waals surface area contributed by atoms with Crippen molar-refractivity contribution in [1.29, 1.82) is 0 Å². The maximum absolute atomic E-state index is 13.6. The van der Waals surface area contributed by atoms with Gasteiger partial charge in [0.1, 0.15) is 6.54 Å². The van der Waals surface area contributed by atoms with Crippen molar-refractivity contribution in [3.05, 3.63) is 87.9 Å². The summed E-state index contributed by atoms with van der Waals surface area (Å²) >= 11 is 6.30. The predicted molar refractivity (Wildman–Crippen MR) is 136 cm³/mol. The van der Waals surface area contributed by atoms with Gasteiger partial charge in [0.25, 0.3) is 10.0 Å². The van der Waals surface area contributed by atoms with Gasteiger partial charge in [-0.05, 0) is 67.6 Å². The number of anilines is 2. The molecule has 0 bridgehead atoms. The van der Waals surface area contributed by atoms with Crippen LogP contribution in [0.25, 0.3) is 0 Å². The Bertz CT molecular complexity index is 1230. The molecule has 0 saturated carbocycles. The van der Waals surface area contributed by atoms with Gasteiger partial charge < -0.3 is 5.32 Å². The first-order valence-corrected chi connectivity index (χ1v) is 12.8. The number of benzene rings is 3. The summed E-state index contributed by atoms with van der Waals surface area (Å²) in [7, 11) is -4.02. The number of nitrogens with zero attached hydrogens (tertiary/aromatic N) is 1. The molecule has 0 fully saturated rings. The van der Waals surface area contributed by atoms with Gasteiger partial charge in [0.15, 0.2) is 0 Å². The van der Waals surface area contributed by atoms with Crippen molar-refractivity contribution in [2.24, 2.45) is 0 Å². The molecule has 0 aliphatic heterocycles. The molecular weight excluding hydrogens is 456 g/mol. The second kappa shape index (κ2) is 10.4. The zero-order chi connectivity index (χ0) is 24.2. The Morgan fingerprint density at radius 3 is 2.06 bits per heavy atom. The van der Waals surface area contributed by atoms with Gasteiger partial charge in [-0.1, -0.05) is 67.4 Å². The van der Waals surface area contributed by atoms with Crippen LogP contribution in [0.15, 0.2) is 65.6 Å². The number of rotatable bonds is 8. The molecule has 1 N–H and O–H groups in total. The van der Waals surface area contributed by atoms with Gasteiger partial charge in [0.2, 0.25) is 5.91 Å². The molecule has 0 aliphatic rings. The highest BCUT2D eigenvalue weighted by molar-refractivity contribution is 7.92. The zero-order valence-corrected chi connectivity index (χ0v) is 20.9. The normalized spacial score (nSPS) is 11.3. The molecule has 5 nitrogen and oxygen atoms in total. The molecule has 3 aromatic carbocycles. The van der Waals surface area contributed by atoms with Crippen LogP contribution in [0, 0.1) is 13.8 Å². The smallest absolute Gasteiger partial charge is 0.264 e. The summed E-state index contributed by atoms with van der Waals surface area (Å²) in [5.41, 5.74) is 4.68. The SMILES string of the molecule is CCc1cccc(CC)c1NC(=O)CN(c1cccc(Cl)c1C)S(=O)(=O)c1ccc(C)cc1. The van der Waals surface area contributed by atoms with Crippen LogP contribution in [0.4, 0.5) is 11.4 Å². The van der Waals surface area contributed by atoms with Crippen molar-refractivity contribution in [1.82, 2.24) is 0 Å². The molecule has 0 unspecified atom stereocenters. The highest BCUT2D eigenvalue weighted by Crippen LogP contribution is 2.31. The predicted octanol–water partition coefficient (Wildman–Crippen LogP) is 5.92. The third-order valence-corrected chi connectivity index (χ3v) is 7.85. The molecule has 174 valence electrons. The fourth-order valence-corrected chi connectivity index (χ4v) is 5.36. The van der Waals surface area contributed by atoms with E-state index >= 15 is 0 Å². The zero-order valence-electron chi connectivity index (χ0n) is 19.4. The van der Waals surface area contributed by atoms with E-state index < -0.39 is 15.9 Å². The van der Waals surface area contributed by atoms with Crippen molar-refractivity contribution in [3.8, 4) is 0 Å². The molecule has 1 amide bonds. The molecule has 0 aliphatic carbocycles. The van der Waals surface area contributed by atoms with Crippen LogP contribution in [0.2, 0.25) is 5.02 Å². The summed E-state index contributed by atoms with van der Waals surface area (Å²) < 4.78 is 28.4. The maximum atomic E-state index is 13.6. The largest absolute Gasteiger partial charge is 0.324 e. The summed E-state index contributed by atoms with van der Waals surface area (Å²) in [6, 6.07) is 17.5. The van der Waals surface area contributed by atoms with E-state index in [4.69, 9.17) is 11.6 Å². The number of amides is 1. The van der Waals surface area contributed by atoms with Gasteiger partial charge in [-0.15, -0.1) is 0 Å². The van der Waals surface area contributed by atoms with Crippen LogP contribution in [0.5, 0.6) is 0 Å². The lowest BCUT2D eigenvalue weighted by molar-refractivity contribution is -0.114. The van der Waals surface area contributed by atoms with E-state index in [2.05, 4.69) is 5.32 Å². The van der Waals surface area contributed by atoms with Crippen molar-refractivity contribution < 1.29 is 13.2 Å². The first-order valence-electron chi connectivity index (χ1n) is 10.9. The minimum absolute atomic E-state index is 0.114. The average Bonchev–Trinajstić information content (AvgIpc) is 2.80. The number of sulfonamides is 1. The van der Waals surface area contributed by atoms with E-state index in [1.807, 2.05) is 39.0 Å². The Kier molecular flexibility index (Phi) is 7.82. The molecule has 0 heterocycles. The number of carbonyl (C=O) groups excluding carboxylic acids is 1. The molecule has 33 heavy (non-hydrogen) atoms. The number of para-hydroxylation sites is 1. The summed E-state index contributed by atoms with van der Waals surface area (Å²) in [6.45, 7) is 7.30. The first-order chi connectivity index (χ1) is 15.7. The summed E-state index contributed by atoms with van der Waals surface area (Å²) in [5.74, 6) is -0.416. The number of halogens is 1. The van der Waals surface area contributed by atoms with E-state index in [1.54, 1.807) is 49.4 Å². The van der Waals surface area contributed by atoms with E-state index in [0.717, 1.165) is 39.5 Å². The molecule has 3 rings (SSSR count). The molecule has 0 saturated heterocycles. The number of hydrogen-bond acceptors (Lipinski definition) is 3. The molecule has 0 spiro atoms. The van der Waals surface area contributed by atoms with E-state index in [9.17, 15) is 13.2 Å². The third kappa shape index (κ3) is 5.40. The molecule has 0 radical (unpaired) electrons. The molecule has 0 atom stereocenters. The van der Waals surface area contributed by atoms with E-state index in [1.165, 1.54) is 0 Å². The van der Waals surface area contributed by atoms with E-state index in [-0.39, 0.29) is 11.4 Å². The van der Waals surface area contributed by atoms with Crippen molar-refractivity contribution in [2.75, 3.05) is 16.2 Å². The fourth-order valence-electron chi connectivity index (χ4n) is 3.72. The van der Waals surface area contributed by atoms with Crippen LogP contribution < -0.4 is 9.62 Å². The molecular formula is C26H29ClN2O3S. The number of carbonyl (C=O) groups is 1. The highest BCUT2D eigenvalue weighted by Gasteiger charge is 2.29. The standard InChI is InChI=1S/C26H29ClN2O3S/c1-5-20-9-7-10-21(6-2)26(20)28-25(30)17-29(24-12-8-11-23(27)19(24)4)33(31,32)22-15-13-18(3)14-16-22/h7-16H,5-6,17H2,1-4H3,(H,28,30). The van der Waals surface area contributed by atoms with Crippen LogP contribution in [0.1, 0.15) is 36.1 Å². The number of nitrogens with one attached hydrogen (secondary N) is 1. The monoisotopic (exact) mass is 484 g/mol. The van der Waals surface area contributed by atoms with Gasteiger partial charge in [-0.3, -0.25) is 9.10 Å². The highest BCUT2D eigenvalue weighted by atomic mass is 35.5. The van der Waals surface area contributed by atoms with Gasteiger partial charge in [-0.2, -0.15) is 0 Å². The number of aryl methyl sites for hydroxylation is 3. The van der Waals surface area contributed by atoms with E-state index in [0.29, 0.717) is 16.3 Å². The van der Waals surface area contributed by atoms with Gasteiger partial charge in [0, 0.05) is 10.7 Å². The van der Waals surface area contributed by atoms with Crippen molar-refractivity contribution >= 4 is 38.9 Å². The van der Waals surface area contributed by atoms with Crippen molar-refractivity contribution in [3.63, 3.8) is 0 Å². The Hall–Kier alpha value is -2.83. The molecule has 3 aromatic rings. The minimum Gasteiger partial charge on any atom is -0.324 e. The average molecular weight is 485 g/mol. The second-order valence-electron chi connectivity index (χ2n) is 7.92. The van der Waals surface area contributed by atoms with Crippen LogP contribution in [-0.2, 0) is 27.7 Å². The lowest BCUT2D eigenvalue weighted by atomic mass is 10.0. The lowest BCUT2D eigenvalue weighted by Crippen LogP contribution is -2.38. The molecule has 0 aromatic heterocycles. The first kappa shape index (κ1) is 24.8. The quantitative estimate of drug-likeness (QED) is 0.431. The van der Waals surface area contributed by atoms with Crippen LogP contribution >= 0.6 is 11.6 Å². The Morgan fingerprint density at radius 1 is 0.909 bits per heavy atom. The van der Waals surface area contributed by atoms with Gasteiger partial charge in [-0.25, -0.2) is 8.42 Å². The summed E-state index contributed by atoms with van der Waals surface area (Å²) in [6.07, 6.45) is 1.50. The summed E-state index contributed by atoms with van der Waals surface area (Å²) in [5, 5.41) is 3.40. The third-order valence-electron chi connectivity index (χ3n) is 5.67. The van der Waals surface area contributed by atoms with Gasteiger partial charge in [0.05, 0.1) is 10.6 Å². The second-order valence-corrected chi connectivity index (χ2v) is 10.2. The maximum Gasteiger partial charge on any atom is 0.264 e. The summed E-state index contributed by atoms with van der Waals surface area (Å²) in [4.78, 5) is 13.3. The Labute approximate surface area is 201 Å². The minimum atomic E-state index is -4.02. The van der Waals surface area contributed by atoms with Crippen LogP contribution in [-0.4, -0.2) is 20.9 Å². The Morgan fingerprint density at radius 2 is 1.48 bits per heavy atom. The fraction of sp³-hybridized carbons (Fsp3) is 0.269.